The third kappa shape index (κ3) is 2.92. The Kier molecular flexibility index (Phi) is 3.91. The van der Waals surface area contributed by atoms with Crippen LogP contribution in [0.15, 0.2) is 42.5 Å². The summed E-state index contributed by atoms with van der Waals surface area (Å²) in [6.45, 7) is 0.837. The Balaban J connectivity index is 1.41. The van der Waals surface area contributed by atoms with Crippen molar-refractivity contribution in [1.29, 1.82) is 0 Å². The van der Waals surface area contributed by atoms with Crippen molar-refractivity contribution in [2.75, 3.05) is 13.1 Å². The summed E-state index contributed by atoms with van der Waals surface area (Å²) < 4.78 is 0. The average molecular weight is 350 g/mol. The van der Waals surface area contributed by atoms with Crippen molar-refractivity contribution in [1.82, 2.24) is 20.5 Å². The van der Waals surface area contributed by atoms with Crippen molar-refractivity contribution in [3.05, 3.63) is 48.2 Å². The highest BCUT2D eigenvalue weighted by Crippen LogP contribution is 2.25. The van der Waals surface area contributed by atoms with Crippen LogP contribution in [0.2, 0.25) is 0 Å². The summed E-state index contributed by atoms with van der Waals surface area (Å²) in [6.07, 6.45) is 4.03. The molecule has 0 radical (unpaired) electrons. The van der Waals surface area contributed by atoms with Crippen LogP contribution in [0.3, 0.4) is 0 Å². The van der Waals surface area contributed by atoms with Crippen molar-refractivity contribution in [2.45, 2.75) is 18.4 Å². The summed E-state index contributed by atoms with van der Waals surface area (Å²) in [4.78, 5) is 41.9. The molecule has 2 fully saturated rings. The average Bonchev–Trinajstić information content (AvgIpc) is 2.93. The fourth-order valence-electron chi connectivity index (χ4n) is 3.43. The van der Waals surface area contributed by atoms with Gasteiger partial charge in [-0.15, -0.1) is 0 Å². The lowest BCUT2D eigenvalue weighted by molar-refractivity contribution is -0.132. The molecule has 1 spiro atoms. The molecular weight excluding hydrogens is 332 g/mol. The summed E-state index contributed by atoms with van der Waals surface area (Å²) in [5, 5.41) is 6.01. The topological polar surface area (TPSA) is 91.4 Å². The number of nitrogens with zero attached hydrogens (tertiary/aromatic N) is 2. The summed E-state index contributed by atoms with van der Waals surface area (Å²) in [5.74, 6) is -0.426. The quantitative estimate of drug-likeness (QED) is 0.633. The van der Waals surface area contributed by atoms with Gasteiger partial charge in [0, 0.05) is 24.6 Å². The molecule has 0 aliphatic carbocycles. The normalized spacial score (nSPS) is 19.2. The highest BCUT2D eigenvalue weighted by Gasteiger charge is 2.48. The number of hydrogen-bond donors (Lipinski definition) is 2. The van der Waals surface area contributed by atoms with E-state index in [9.17, 15) is 14.4 Å². The fourth-order valence-corrected chi connectivity index (χ4v) is 3.43. The summed E-state index contributed by atoms with van der Waals surface area (Å²) in [6, 6.07) is 11.2. The predicted octanol–water partition coefficient (Wildman–Crippen LogP) is 1.45. The van der Waals surface area contributed by atoms with Crippen LogP contribution in [0.25, 0.3) is 17.0 Å². The van der Waals surface area contributed by atoms with Gasteiger partial charge in [-0.3, -0.25) is 14.9 Å². The second kappa shape index (κ2) is 6.25. The third-order valence-corrected chi connectivity index (χ3v) is 4.96. The van der Waals surface area contributed by atoms with Crippen molar-refractivity contribution in [2.24, 2.45) is 0 Å². The minimum absolute atomic E-state index is 0.125. The molecule has 7 nitrogen and oxygen atoms in total. The third-order valence-electron chi connectivity index (χ3n) is 4.96. The molecule has 1 aromatic heterocycles. The van der Waals surface area contributed by atoms with Crippen molar-refractivity contribution < 1.29 is 14.4 Å². The van der Waals surface area contributed by atoms with Gasteiger partial charge in [-0.25, -0.2) is 9.78 Å². The number of benzene rings is 1. The molecule has 0 unspecified atom stereocenters. The molecule has 2 aromatic rings. The van der Waals surface area contributed by atoms with E-state index >= 15 is 0 Å². The Morgan fingerprint density at radius 3 is 2.62 bits per heavy atom. The molecule has 4 amide bonds. The number of amides is 4. The SMILES string of the molecule is O=C1NC(=O)C2(CCN(C(=O)/C=C/c3ccc4ccccc4n3)CC2)N1. The highest BCUT2D eigenvalue weighted by molar-refractivity contribution is 6.07. The van der Waals surface area contributed by atoms with E-state index in [-0.39, 0.29) is 11.8 Å². The van der Waals surface area contributed by atoms with E-state index < -0.39 is 11.6 Å². The maximum absolute atomic E-state index is 12.4. The minimum atomic E-state index is -0.864. The molecule has 2 aliphatic heterocycles. The molecule has 2 saturated heterocycles. The van der Waals surface area contributed by atoms with Crippen LogP contribution in [0.5, 0.6) is 0 Å². The standard InChI is InChI=1S/C19H18N4O3/c24-16(8-7-14-6-5-13-3-1-2-4-15(13)20-14)23-11-9-19(10-12-23)17(25)21-18(26)22-19/h1-8H,9-12H2,(H2,21,22,25,26)/b8-7+. The lowest BCUT2D eigenvalue weighted by Crippen LogP contribution is -2.55. The number of imide groups is 1. The Hall–Kier alpha value is -3.22. The Labute approximate surface area is 150 Å². The maximum atomic E-state index is 12.4. The van der Waals surface area contributed by atoms with Gasteiger partial charge in [0.2, 0.25) is 5.91 Å². The summed E-state index contributed by atoms with van der Waals surface area (Å²) in [7, 11) is 0. The lowest BCUT2D eigenvalue weighted by Gasteiger charge is -2.36. The van der Waals surface area contributed by atoms with Gasteiger partial charge in [0.05, 0.1) is 11.2 Å². The number of piperidine rings is 1. The number of nitrogens with one attached hydrogen (secondary N) is 2. The first-order valence-electron chi connectivity index (χ1n) is 8.52. The highest BCUT2D eigenvalue weighted by atomic mass is 16.2. The molecule has 1 aromatic carbocycles. The lowest BCUT2D eigenvalue weighted by atomic mass is 9.87. The largest absolute Gasteiger partial charge is 0.339 e. The van der Waals surface area contributed by atoms with Gasteiger partial charge >= 0.3 is 6.03 Å². The van der Waals surface area contributed by atoms with Gasteiger partial charge in [-0.05, 0) is 31.1 Å². The first kappa shape index (κ1) is 16.3. The van der Waals surface area contributed by atoms with Gasteiger partial charge in [0.15, 0.2) is 0 Å². The monoisotopic (exact) mass is 350 g/mol. The number of aromatic nitrogens is 1. The molecule has 0 saturated carbocycles. The molecular formula is C19H18N4O3. The number of para-hydroxylation sites is 1. The van der Waals surface area contributed by atoms with Gasteiger partial charge in [-0.2, -0.15) is 0 Å². The Morgan fingerprint density at radius 2 is 1.88 bits per heavy atom. The van der Waals surface area contributed by atoms with Gasteiger partial charge < -0.3 is 10.2 Å². The number of fused-ring (bicyclic) bond motifs is 1. The predicted molar refractivity (Wildman–Crippen MR) is 96.0 cm³/mol. The van der Waals surface area contributed by atoms with Crippen LogP contribution in [-0.4, -0.2) is 46.4 Å². The zero-order chi connectivity index (χ0) is 18.1. The molecule has 2 aliphatic rings. The Bertz CT molecular complexity index is 929. The zero-order valence-electron chi connectivity index (χ0n) is 14.1. The molecule has 3 heterocycles. The van der Waals surface area contributed by atoms with E-state index in [1.807, 2.05) is 36.4 Å². The number of carbonyl (C=O) groups excluding carboxylic acids is 3. The number of urea groups is 1. The maximum Gasteiger partial charge on any atom is 0.322 e. The second-order valence-electron chi connectivity index (χ2n) is 6.58. The Morgan fingerprint density at radius 1 is 1.12 bits per heavy atom. The van der Waals surface area contributed by atoms with Crippen LogP contribution in [0, 0.1) is 0 Å². The van der Waals surface area contributed by atoms with E-state index in [1.165, 1.54) is 6.08 Å². The molecule has 26 heavy (non-hydrogen) atoms. The smallest absolute Gasteiger partial charge is 0.322 e. The number of rotatable bonds is 2. The summed E-state index contributed by atoms with van der Waals surface area (Å²) in [5.41, 5.74) is 0.732. The molecule has 2 N–H and O–H groups in total. The van der Waals surface area contributed by atoms with Crippen LogP contribution >= 0.6 is 0 Å². The van der Waals surface area contributed by atoms with Crippen LogP contribution in [0.4, 0.5) is 4.79 Å². The second-order valence-corrected chi connectivity index (χ2v) is 6.58. The molecule has 0 atom stereocenters. The minimum Gasteiger partial charge on any atom is -0.339 e. The van der Waals surface area contributed by atoms with E-state index in [2.05, 4.69) is 15.6 Å². The molecule has 132 valence electrons. The number of likely N-dealkylation sites (tertiary alicyclic amines) is 1. The zero-order valence-corrected chi connectivity index (χ0v) is 14.1. The molecule has 4 rings (SSSR count). The van der Waals surface area contributed by atoms with E-state index in [4.69, 9.17) is 0 Å². The number of hydrogen-bond acceptors (Lipinski definition) is 4. The van der Waals surface area contributed by atoms with E-state index in [0.29, 0.717) is 31.6 Å². The van der Waals surface area contributed by atoms with Crippen LogP contribution in [0.1, 0.15) is 18.5 Å². The van der Waals surface area contributed by atoms with Crippen molar-refractivity contribution >= 4 is 34.8 Å². The fraction of sp³-hybridized carbons (Fsp3) is 0.263. The summed E-state index contributed by atoms with van der Waals surface area (Å²) >= 11 is 0. The molecule has 0 bridgehead atoms. The number of pyridine rings is 1. The number of carbonyl (C=O) groups is 3. The van der Waals surface area contributed by atoms with Crippen molar-refractivity contribution in [3.63, 3.8) is 0 Å². The van der Waals surface area contributed by atoms with Gasteiger partial charge in [0.25, 0.3) is 5.91 Å². The first-order chi connectivity index (χ1) is 12.6. The van der Waals surface area contributed by atoms with Gasteiger partial charge in [0.1, 0.15) is 5.54 Å². The molecule has 7 heteroatoms. The van der Waals surface area contributed by atoms with Crippen LogP contribution in [-0.2, 0) is 9.59 Å². The van der Waals surface area contributed by atoms with Crippen LogP contribution < -0.4 is 10.6 Å². The van der Waals surface area contributed by atoms with E-state index in [1.54, 1.807) is 11.0 Å². The van der Waals surface area contributed by atoms with Crippen molar-refractivity contribution in [3.8, 4) is 0 Å². The van der Waals surface area contributed by atoms with E-state index in [0.717, 1.165) is 10.9 Å². The van der Waals surface area contributed by atoms with Gasteiger partial charge in [-0.1, -0.05) is 24.3 Å². The first-order valence-corrected chi connectivity index (χ1v) is 8.52.